The van der Waals surface area contributed by atoms with E-state index in [0.717, 1.165) is 0 Å². The Kier molecular flexibility index (Phi) is 4.92. The summed E-state index contributed by atoms with van der Waals surface area (Å²) >= 11 is 0. The van der Waals surface area contributed by atoms with Gasteiger partial charge < -0.3 is 19.6 Å². The molecule has 1 heterocycles. The van der Waals surface area contributed by atoms with Crippen LogP contribution in [0.5, 0.6) is 0 Å². The molecule has 0 saturated carbocycles. The predicted octanol–water partition coefficient (Wildman–Crippen LogP) is 0.126. The van der Waals surface area contributed by atoms with Crippen LogP contribution in [0.15, 0.2) is 0 Å². The third kappa shape index (κ3) is 3.34. The monoisotopic (exact) mass is 255 g/mol. The first-order valence-corrected chi connectivity index (χ1v) is 5.70. The number of aliphatic carboxylic acids is 1. The van der Waals surface area contributed by atoms with Crippen LogP contribution in [0.25, 0.3) is 0 Å². The normalized spacial score (nSPS) is 20.9. The fourth-order valence-electron chi connectivity index (χ4n) is 1.65. The highest BCUT2D eigenvalue weighted by molar-refractivity contribution is 5.77. The van der Waals surface area contributed by atoms with E-state index in [1.54, 1.807) is 14.0 Å². The number of morpholine rings is 1. The molecule has 0 radical (unpaired) electrons. The first-order valence-electron chi connectivity index (χ1n) is 5.70. The predicted molar refractivity (Wildman–Crippen MR) is 61.8 cm³/mol. The van der Waals surface area contributed by atoms with E-state index in [9.17, 15) is 9.59 Å². The van der Waals surface area contributed by atoms with E-state index >= 15 is 0 Å². The molecule has 0 aliphatic carbocycles. The van der Waals surface area contributed by atoms with Gasteiger partial charge in [-0.2, -0.15) is 5.26 Å². The summed E-state index contributed by atoms with van der Waals surface area (Å²) in [5.41, 5.74) is 0. The first kappa shape index (κ1) is 14.3. The van der Waals surface area contributed by atoms with E-state index in [-0.39, 0.29) is 31.6 Å². The summed E-state index contributed by atoms with van der Waals surface area (Å²) in [7, 11) is 1.61. The second-order valence-corrected chi connectivity index (χ2v) is 4.25. The minimum atomic E-state index is -1.07. The number of carboxylic acids is 1. The molecule has 7 heteroatoms. The third-order valence-corrected chi connectivity index (χ3v) is 2.96. The van der Waals surface area contributed by atoms with Crippen LogP contribution in [0, 0.1) is 11.3 Å². The minimum absolute atomic E-state index is 0.0395. The molecule has 0 aromatic heterocycles. The number of rotatable bonds is 3. The highest BCUT2D eigenvalue weighted by Crippen LogP contribution is 2.10. The lowest BCUT2D eigenvalue weighted by Crippen LogP contribution is -2.53. The number of nitrogens with zero attached hydrogens (tertiary/aromatic N) is 3. The zero-order valence-electron chi connectivity index (χ0n) is 10.5. The SMILES string of the molecule is CC(CC#N)N(C)C(=O)N1CCOC(C(=O)O)C1. The summed E-state index contributed by atoms with van der Waals surface area (Å²) in [6.07, 6.45) is -0.725. The van der Waals surface area contributed by atoms with Crippen molar-refractivity contribution in [1.29, 1.82) is 5.26 Å². The number of hydrogen-bond acceptors (Lipinski definition) is 4. The molecule has 1 aliphatic heterocycles. The van der Waals surface area contributed by atoms with Crippen LogP contribution in [0.4, 0.5) is 4.79 Å². The summed E-state index contributed by atoms with van der Waals surface area (Å²) in [6.45, 7) is 2.39. The second kappa shape index (κ2) is 6.21. The maximum Gasteiger partial charge on any atom is 0.334 e. The summed E-state index contributed by atoms with van der Waals surface area (Å²) in [4.78, 5) is 25.8. The third-order valence-electron chi connectivity index (χ3n) is 2.96. The van der Waals surface area contributed by atoms with Crippen LogP contribution in [0.1, 0.15) is 13.3 Å². The first-order chi connectivity index (χ1) is 8.47. The van der Waals surface area contributed by atoms with Crippen LogP contribution < -0.4 is 0 Å². The second-order valence-electron chi connectivity index (χ2n) is 4.25. The number of hydrogen-bond donors (Lipinski definition) is 1. The van der Waals surface area contributed by atoms with E-state index in [4.69, 9.17) is 15.1 Å². The zero-order valence-corrected chi connectivity index (χ0v) is 10.5. The quantitative estimate of drug-likeness (QED) is 0.773. The molecule has 1 fully saturated rings. The molecule has 7 nitrogen and oxygen atoms in total. The Bertz CT molecular complexity index is 366. The molecule has 18 heavy (non-hydrogen) atoms. The molecule has 2 amide bonds. The van der Waals surface area contributed by atoms with Crippen LogP contribution in [-0.4, -0.2) is 65.8 Å². The highest BCUT2D eigenvalue weighted by atomic mass is 16.5. The standard InChI is InChI=1S/C11H17N3O4/c1-8(3-4-12)13(2)11(17)14-5-6-18-9(7-14)10(15)16/h8-9H,3,5-7H2,1-2H3,(H,15,16). The van der Waals surface area contributed by atoms with Gasteiger partial charge in [0.1, 0.15) is 0 Å². The largest absolute Gasteiger partial charge is 0.479 e. The Morgan fingerprint density at radius 1 is 1.67 bits per heavy atom. The van der Waals surface area contributed by atoms with Crippen molar-refractivity contribution in [2.24, 2.45) is 0 Å². The average molecular weight is 255 g/mol. The Hall–Kier alpha value is -1.81. The zero-order chi connectivity index (χ0) is 13.7. The molecule has 2 atom stereocenters. The number of carbonyl (C=O) groups is 2. The molecule has 2 unspecified atom stereocenters. The fourth-order valence-corrected chi connectivity index (χ4v) is 1.65. The van der Waals surface area contributed by atoms with Crippen LogP contribution in [0.3, 0.4) is 0 Å². The van der Waals surface area contributed by atoms with Gasteiger partial charge in [0.25, 0.3) is 0 Å². The molecule has 1 aliphatic rings. The smallest absolute Gasteiger partial charge is 0.334 e. The lowest BCUT2D eigenvalue weighted by Gasteiger charge is -2.35. The van der Waals surface area contributed by atoms with Crippen molar-refractivity contribution in [3.05, 3.63) is 0 Å². The van der Waals surface area contributed by atoms with Gasteiger partial charge in [-0.3, -0.25) is 0 Å². The molecule has 1 N–H and O–H groups in total. The number of ether oxygens (including phenoxy) is 1. The summed E-state index contributed by atoms with van der Waals surface area (Å²) in [5.74, 6) is -1.07. The van der Waals surface area contributed by atoms with E-state index in [1.807, 2.05) is 6.07 Å². The van der Waals surface area contributed by atoms with Crippen molar-refractivity contribution in [3.63, 3.8) is 0 Å². The van der Waals surface area contributed by atoms with Gasteiger partial charge in [0.15, 0.2) is 6.10 Å². The lowest BCUT2D eigenvalue weighted by molar-refractivity contribution is -0.154. The summed E-state index contributed by atoms with van der Waals surface area (Å²) in [5, 5.41) is 17.4. The van der Waals surface area contributed by atoms with E-state index in [0.29, 0.717) is 6.54 Å². The maximum atomic E-state index is 12.1. The number of nitriles is 1. The van der Waals surface area contributed by atoms with E-state index in [2.05, 4.69) is 0 Å². The van der Waals surface area contributed by atoms with E-state index in [1.165, 1.54) is 9.80 Å². The van der Waals surface area contributed by atoms with Crippen molar-refractivity contribution in [1.82, 2.24) is 9.80 Å². The van der Waals surface area contributed by atoms with Crippen molar-refractivity contribution in [3.8, 4) is 6.07 Å². The number of urea groups is 1. The molecule has 0 aromatic rings. The minimum Gasteiger partial charge on any atom is -0.479 e. The van der Waals surface area contributed by atoms with Crippen molar-refractivity contribution in [2.75, 3.05) is 26.7 Å². The van der Waals surface area contributed by atoms with Gasteiger partial charge in [0.05, 0.1) is 25.6 Å². The highest BCUT2D eigenvalue weighted by Gasteiger charge is 2.31. The van der Waals surface area contributed by atoms with Gasteiger partial charge in [-0.25, -0.2) is 9.59 Å². The van der Waals surface area contributed by atoms with Gasteiger partial charge in [-0.15, -0.1) is 0 Å². The summed E-state index contributed by atoms with van der Waals surface area (Å²) in [6, 6.07) is 1.53. The van der Waals surface area contributed by atoms with Gasteiger partial charge in [0, 0.05) is 19.6 Å². The number of carbonyl (C=O) groups excluding carboxylic acids is 1. The molecule has 0 spiro atoms. The van der Waals surface area contributed by atoms with Gasteiger partial charge >= 0.3 is 12.0 Å². The Morgan fingerprint density at radius 2 is 2.33 bits per heavy atom. The molecule has 1 saturated heterocycles. The van der Waals surface area contributed by atoms with Gasteiger partial charge in [0.2, 0.25) is 0 Å². The Balaban J connectivity index is 2.61. The van der Waals surface area contributed by atoms with Crippen molar-refractivity contribution < 1.29 is 19.4 Å². The van der Waals surface area contributed by atoms with Crippen LogP contribution >= 0.6 is 0 Å². The molecule has 0 bridgehead atoms. The molecule has 0 aromatic carbocycles. The molecule has 1 rings (SSSR count). The fraction of sp³-hybridized carbons (Fsp3) is 0.727. The lowest BCUT2D eigenvalue weighted by atomic mass is 10.2. The topological polar surface area (TPSA) is 93.9 Å². The average Bonchev–Trinajstić information content (AvgIpc) is 2.37. The number of amides is 2. The van der Waals surface area contributed by atoms with Gasteiger partial charge in [-0.1, -0.05) is 0 Å². The van der Waals surface area contributed by atoms with Crippen LogP contribution in [-0.2, 0) is 9.53 Å². The molecular weight excluding hydrogens is 238 g/mol. The Morgan fingerprint density at radius 3 is 2.89 bits per heavy atom. The Labute approximate surface area is 106 Å². The van der Waals surface area contributed by atoms with Crippen molar-refractivity contribution in [2.45, 2.75) is 25.5 Å². The van der Waals surface area contributed by atoms with E-state index < -0.39 is 12.1 Å². The molecule has 100 valence electrons. The van der Waals surface area contributed by atoms with Crippen LogP contribution in [0.2, 0.25) is 0 Å². The number of carboxylic acid groups (broad SMARTS) is 1. The summed E-state index contributed by atoms with van der Waals surface area (Å²) < 4.78 is 5.04. The van der Waals surface area contributed by atoms with Crippen molar-refractivity contribution >= 4 is 12.0 Å². The van der Waals surface area contributed by atoms with Gasteiger partial charge in [-0.05, 0) is 6.92 Å². The molecular formula is C11H17N3O4. The maximum absolute atomic E-state index is 12.1.